The lowest BCUT2D eigenvalue weighted by atomic mass is 10.2. The predicted octanol–water partition coefficient (Wildman–Crippen LogP) is 1.69. The van der Waals surface area contributed by atoms with Crippen molar-refractivity contribution in [3.05, 3.63) is 0 Å². The van der Waals surface area contributed by atoms with Crippen LogP contribution in [0.3, 0.4) is 0 Å². The fraction of sp³-hybridized carbons (Fsp3) is 0.800. The Bertz CT molecular complexity index is 212. The summed E-state index contributed by atoms with van der Waals surface area (Å²) in [5.41, 5.74) is 0. The van der Waals surface area contributed by atoms with Crippen LogP contribution in [-0.2, 0) is 0 Å². The Balaban J connectivity index is 1.97. The van der Waals surface area contributed by atoms with Crippen LogP contribution in [0.1, 0.15) is 32.1 Å². The summed E-state index contributed by atoms with van der Waals surface area (Å²) in [7, 11) is 0. The molecule has 1 saturated heterocycles. The molecule has 3 heteroatoms. The minimum atomic E-state index is 0.926. The van der Waals surface area contributed by atoms with Gasteiger partial charge in [-0.25, -0.2) is 4.99 Å². The van der Waals surface area contributed by atoms with Crippen molar-refractivity contribution in [2.75, 3.05) is 19.6 Å². The first-order valence-electron chi connectivity index (χ1n) is 5.29. The van der Waals surface area contributed by atoms with E-state index in [1.807, 2.05) is 6.21 Å². The summed E-state index contributed by atoms with van der Waals surface area (Å²) in [4.78, 5) is 11.1. The average Bonchev–Trinajstić information content (AvgIpc) is 2.47. The van der Waals surface area contributed by atoms with Crippen LogP contribution >= 0.6 is 0 Å². The SMILES string of the molecule is C1=NC(N2CCCCCC2)=NCC1. The molecule has 13 heavy (non-hydrogen) atoms. The molecule has 0 saturated carbocycles. The third kappa shape index (κ3) is 2.29. The molecule has 0 aromatic carbocycles. The van der Waals surface area contributed by atoms with E-state index < -0.39 is 0 Å². The first kappa shape index (κ1) is 8.73. The van der Waals surface area contributed by atoms with E-state index in [1.54, 1.807) is 0 Å². The highest BCUT2D eigenvalue weighted by Crippen LogP contribution is 2.11. The minimum Gasteiger partial charge on any atom is -0.341 e. The Kier molecular flexibility index (Phi) is 2.95. The molecule has 3 nitrogen and oxygen atoms in total. The molecule has 72 valence electrons. The molecule has 0 aromatic heterocycles. The molecule has 2 aliphatic heterocycles. The van der Waals surface area contributed by atoms with Crippen molar-refractivity contribution < 1.29 is 0 Å². The Morgan fingerprint density at radius 3 is 2.46 bits per heavy atom. The normalized spacial score (nSPS) is 24.0. The molecule has 0 unspecified atom stereocenters. The first-order chi connectivity index (χ1) is 6.47. The van der Waals surface area contributed by atoms with Gasteiger partial charge in [0.25, 0.3) is 0 Å². The molecule has 0 spiro atoms. The maximum absolute atomic E-state index is 4.44. The van der Waals surface area contributed by atoms with Crippen LogP contribution < -0.4 is 0 Å². The Morgan fingerprint density at radius 2 is 1.85 bits per heavy atom. The monoisotopic (exact) mass is 179 g/mol. The molecule has 2 rings (SSSR count). The van der Waals surface area contributed by atoms with Gasteiger partial charge >= 0.3 is 0 Å². The number of nitrogens with zero attached hydrogens (tertiary/aromatic N) is 3. The van der Waals surface area contributed by atoms with Gasteiger partial charge in [-0.2, -0.15) is 0 Å². The highest BCUT2D eigenvalue weighted by molar-refractivity contribution is 5.89. The van der Waals surface area contributed by atoms with Gasteiger partial charge in [0.15, 0.2) is 0 Å². The zero-order valence-corrected chi connectivity index (χ0v) is 8.08. The molecule has 0 N–H and O–H groups in total. The Labute approximate surface area is 79.6 Å². The number of rotatable bonds is 0. The predicted molar refractivity (Wildman–Crippen MR) is 55.5 cm³/mol. The summed E-state index contributed by atoms with van der Waals surface area (Å²) < 4.78 is 0. The maximum atomic E-state index is 4.44. The van der Waals surface area contributed by atoms with Gasteiger partial charge in [0.05, 0.1) is 0 Å². The van der Waals surface area contributed by atoms with E-state index in [-0.39, 0.29) is 0 Å². The van der Waals surface area contributed by atoms with Crippen LogP contribution in [0, 0.1) is 0 Å². The highest BCUT2D eigenvalue weighted by atomic mass is 15.3. The summed E-state index contributed by atoms with van der Waals surface area (Å²) in [6.45, 7) is 3.22. The molecule has 2 heterocycles. The summed E-state index contributed by atoms with van der Waals surface area (Å²) in [6, 6.07) is 0. The molecular weight excluding hydrogens is 162 g/mol. The quantitative estimate of drug-likeness (QED) is 0.556. The van der Waals surface area contributed by atoms with Crippen molar-refractivity contribution in [1.29, 1.82) is 0 Å². The van der Waals surface area contributed by atoms with Gasteiger partial charge in [0, 0.05) is 32.3 Å². The van der Waals surface area contributed by atoms with E-state index in [9.17, 15) is 0 Å². The van der Waals surface area contributed by atoms with Crippen molar-refractivity contribution in [3.63, 3.8) is 0 Å². The second kappa shape index (κ2) is 4.40. The largest absolute Gasteiger partial charge is 0.341 e. The topological polar surface area (TPSA) is 28.0 Å². The molecule has 0 aliphatic carbocycles. The Hall–Kier alpha value is -0.860. The molecule has 0 atom stereocenters. The molecule has 0 radical (unpaired) electrons. The van der Waals surface area contributed by atoms with E-state index in [4.69, 9.17) is 0 Å². The molecule has 1 fully saturated rings. The van der Waals surface area contributed by atoms with Crippen molar-refractivity contribution >= 4 is 12.2 Å². The lowest BCUT2D eigenvalue weighted by Gasteiger charge is -2.22. The number of aliphatic imine (C=N–C) groups is 2. The second-order valence-electron chi connectivity index (χ2n) is 3.68. The lowest BCUT2D eigenvalue weighted by Crippen LogP contribution is -2.31. The average molecular weight is 179 g/mol. The fourth-order valence-corrected chi connectivity index (χ4v) is 1.86. The highest BCUT2D eigenvalue weighted by Gasteiger charge is 2.13. The van der Waals surface area contributed by atoms with Crippen LogP contribution in [-0.4, -0.2) is 36.7 Å². The molecule has 0 bridgehead atoms. The third-order valence-corrected chi connectivity index (χ3v) is 2.61. The van der Waals surface area contributed by atoms with E-state index in [0.717, 1.165) is 32.0 Å². The van der Waals surface area contributed by atoms with Gasteiger partial charge in [-0.05, 0) is 12.8 Å². The first-order valence-corrected chi connectivity index (χ1v) is 5.29. The smallest absolute Gasteiger partial charge is 0.220 e. The lowest BCUT2D eigenvalue weighted by molar-refractivity contribution is 0.428. The van der Waals surface area contributed by atoms with Crippen LogP contribution in [0.5, 0.6) is 0 Å². The van der Waals surface area contributed by atoms with E-state index >= 15 is 0 Å². The second-order valence-corrected chi connectivity index (χ2v) is 3.68. The van der Waals surface area contributed by atoms with Crippen LogP contribution in [0.4, 0.5) is 0 Å². The maximum Gasteiger partial charge on any atom is 0.220 e. The van der Waals surface area contributed by atoms with Gasteiger partial charge in [-0.3, -0.25) is 4.99 Å². The minimum absolute atomic E-state index is 0.926. The molecule has 2 aliphatic rings. The van der Waals surface area contributed by atoms with Gasteiger partial charge in [0.1, 0.15) is 0 Å². The zero-order valence-electron chi connectivity index (χ0n) is 8.08. The van der Waals surface area contributed by atoms with Crippen molar-refractivity contribution in [3.8, 4) is 0 Å². The zero-order chi connectivity index (χ0) is 8.93. The van der Waals surface area contributed by atoms with Crippen molar-refractivity contribution in [2.24, 2.45) is 9.98 Å². The Morgan fingerprint density at radius 1 is 1.08 bits per heavy atom. The molecular formula is C10H17N3. The van der Waals surface area contributed by atoms with E-state index in [1.165, 1.54) is 25.7 Å². The number of likely N-dealkylation sites (tertiary alicyclic amines) is 1. The van der Waals surface area contributed by atoms with Crippen molar-refractivity contribution in [2.45, 2.75) is 32.1 Å². The van der Waals surface area contributed by atoms with Crippen LogP contribution in [0.15, 0.2) is 9.98 Å². The van der Waals surface area contributed by atoms with Crippen LogP contribution in [0.25, 0.3) is 0 Å². The van der Waals surface area contributed by atoms with Gasteiger partial charge in [-0.15, -0.1) is 0 Å². The van der Waals surface area contributed by atoms with E-state index in [0.29, 0.717) is 0 Å². The van der Waals surface area contributed by atoms with Crippen molar-refractivity contribution in [1.82, 2.24) is 4.90 Å². The summed E-state index contributed by atoms with van der Waals surface area (Å²) >= 11 is 0. The number of hydrogen-bond acceptors (Lipinski definition) is 3. The summed E-state index contributed by atoms with van der Waals surface area (Å²) in [6.07, 6.45) is 8.34. The van der Waals surface area contributed by atoms with E-state index in [2.05, 4.69) is 14.9 Å². The summed E-state index contributed by atoms with van der Waals surface area (Å²) in [5.74, 6) is 0.980. The summed E-state index contributed by atoms with van der Waals surface area (Å²) in [5, 5.41) is 0. The van der Waals surface area contributed by atoms with Gasteiger partial charge in [0.2, 0.25) is 5.96 Å². The number of hydrogen-bond donors (Lipinski definition) is 0. The van der Waals surface area contributed by atoms with Gasteiger partial charge < -0.3 is 4.90 Å². The fourth-order valence-electron chi connectivity index (χ4n) is 1.86. The van der Waals surface area contributed by atoms with Gasteiger partial charge in [-0.1, -0.05) is 12.8 Å². The van der Waals surface area contributed by atoms with Crippen LogP contribution in [0.2, 0.25) is 0 Å². The third-order valence-electron chi connectivity index (χ3n) is 2.61. The molecule has 0 amide bonds. The number of guanidine groups is 1. The standard InChI is InChI=1S/C10H17N3/c1-2-4-9-13(8-3-1)10-11-6-5-7-12-10/h6H,1-5,7-9H2. The molecule has 0 aromatic rings.